The van der Waals surface area contributed by atoms with Crippen LogP contribution < -0.4 is 5.73 Å². The van der Waals surface area contributed by atoms with E-state index >= 15 is 0 Å². The fourth-order valence-corrected chi connectivity index (χ4v) is 2.76. The monoisotopic (exact) mass is 267 g/mol. The quantitative estimate of drug-likeness (QED) is 0.927. The molecule has 0 amide bonds. The molecule has 0 spiro atoms. The number of nitrogens with zero attached hydrogens (tertiary/aromatic N) is 2. The summed E-state index contributed by atoms with van der Waals surface area (Å²) in [6, 6.07) is 7.72. The molecule has 1 aromatic carbocycles. The molecule has 1 aromatic heterocycles. The number of rotatable bonds is 3. The first kappa shape index (κ1) is 12.3. The van der Waals surface area contributed by atoms with Crippen molar-refractivity contribution in [2.75, 3.05) is 5.73 Å². The van der Waals surface area contributed by atoms with Gasteiger partial charge in [-0.3, -0.25) is 4.68 Å². The van der Waals surface area contributed by atoms with Crippen LogP contribution in [0.1, 0.15) is 12.6 Å². The van der Waals surface area contributed by atoms with Crippen LogP contribution >= 0.6 is 23.4 Å². The molecule has 0 saturated carbocycles. The van der Waals surface area contributed by atoms with Crippen LogP contribution in [0.15, 0.2) is 34.2 Å². The highest BCUT2D eigenvalue weighted by Crippen LogP contribution is 2.36. The van der Waals surface area contributed by atoms with Gasteiger partial charge in [-0.1, -0.05) is 42.4 Å². The average Bonchev–Trinajstić information content (AvgIpc) is 2.59. The minimum atomic E-state index is 0.733. The maximum absolute atomic E-state index is 6.13. The Morgan fingerprint density at radius 3 is 2.71 bits per heavy atom. The summed E-state index contributed by atoms with van der Waals surface area (Å²) in [5, 5.41) is 6.05. The molecule has 2 aromatic rings. The molecule has 3 nitrogen and oxygen atoms in total. The third-order valence-corrected chi connectivity index (χ3v) is 4.18. The number of aryl methyl sites for hydroxylation is 2. The van der Waals surface area contributed by atoms with Crippen LogP contribution in [0.5, 0.6) is 0 Å². The molecule has 0 aliphatic heterocycles. The zero-order valence-electron chi connectivity index (χ0n) is 9.77. The lowest BCUT2D eigenvalue weighted by atomic mass is 10.3. The average molecular weight is 268 g/mol. The number of hydrogen-bond donors (Lipinski definition) is 1. The van der Waals surface area contributed by atoms with Gasteiger partial charge in [0.15, 0.2) is 0 Å². The fraction of sp³-hybridized carbons (Fsp3) is 0.250. The zero-order valence-corrected chi connectivity index (χ0v) is 11.3. The molecule has 90 valence electrons. The van der Waals surface area contributed by atoms with E-state index in [4.69, 9.17) is 17.3 Å². The number of hydrogen-bond acceptors (Lipinski definition) is 3. The minimum Gasteiger partial charge on any atom is -0.395 e. The molecule has 0 radical (unpaired) electrons. The molecule has 17 heavy (non-hydrogen) atoms. The Labute approximate surface area is 110 Å². The first-order chi connectivity index (χ1) is 8.13. The molecule has 0 saturated heterocycles. The molecule has 1 heterocycles. The smallest absolute Gasteiger partial charge is 0.122 e. The minimum absolute atomic E-state index is 0.733. The van der Waals surface area contributed by atoms with E-state index in [-0.39, 0.29) is 0 Å². The van der Waals surface area contributed by atoms with E-state index in [1.807, 2.05) is 42.9 Å². The van der Waals surface area contributed by atoms with Gasteiger partial charge in [0.05, 0.1) is 16.4 Å². The fourth-order valence-electron chi connectivity index (χ4n) is 1.59. The number of anilines is 1. The molecule has 2 rings (SSSR count). The summed E-state index contributed by atoms with van der Waals surface area (Å²) in [4.78, 5) is 0.992. The van der Waals surface area contributed by atoms with Crippen LogP contribution in [0.3, 0.4) is 0 Å². The number of nitrogens with two attached hydrogens (primary N) is 1. The third kappa shape index (κ3) is 2.42. The lowest BCUT2D eigenvalue weighted by Crippen LogP contribution is -1.93. The number of aromatic nitrogens is 2. The van der Waals surface area contributed by atoms with Gasteiger partial charge in [-0.05, 0) is 18.6 Å². The standard InChI is InChI=1S/C12H14ClN3S/c1-3-9-11(14)12(16(2)15-9)17-10-7-5-4-6-8(10)13/h4-7H,3,14H2,1-2H3. The zero-order chi connectivity index (χ0) is 12.4. The molecule has 0 bridgehead atoms. The second kappa shape index (κ2) is 5.02. The summed E-state index contributed by atoms with van der Waals surface area (Å²) in [7, 11) is 1.90. The lowest BCUT2D eigenvalue weighted by molar-refractivity contribution is 0.687. The summed E-state index contributed by atoms with van der Waals surface area (Å²) in [6.07, 6.45) is 0.836. The Hall–Kier alpha value is -1.13. The Morgan fingerprint density at radius 2 is 2.12 bits per heavy atom. The Kier molecular flexibility index (Phi) is 3.64. The van der Waals surface area contributed by atoms with E-state index in [2.05, 4.69) is 5.10 Å². The normalized spacial score (nSPS) is 10.8. The molecule has 0 fully saturated rings. The van der Waals surface area contributed by atoms with E-state index in [1.54, 1.807) is 11.8 Å². The van der Waals surface area contributed by atoms with Crippen molar-refractivity contribution in [3.8, 4) is 0 Å². The van der Waals surface area contributed by atoms with Crippen LogP contribution in [-0.2, 0) is 13.5 Å². The Balaban J connectivity index is 2.37. The largest absolute Gasteiger partial charge is 0.395 e. The van der Waals surface area contributed by atoms with Crippen molar-refractivity contribution >= 4 is 29.1 Å². The molecule has 0 aliphatic rings. The van der Waals surface area contributed by atoms with Crippen LogP contribution in [0.4, 0.5) is 5.69 Å². The number of nitrogen functional groups attached to an aromatic ring is 1. The van der Waals surface area contributed by atoms with Gasteiger partial charge in [0.2, 0.25) is 0 Å². The van der Waals surface area contributed by atoms with Crippen LogP contribution in [-0.4, -0.2) is 9.78 Å². The van der Waals surface area contributed by atoms with Crippen LogP contribution in [0.2, 0.25) is 5.02 Å². The molecule has 0 aliphatic carbocycles. The van der Waals surface area contributed by atoms with Crippen molar-refractivity contribution in [2.24, 2.45) is 7.05 Å². The van der Waals surface area contributed by atoms with E-state index in [0.29, 0.717) is 0 Å². The van der Waals surface area contributed by atoms with Crippen LogP contribution in [0.25, 0.3) is 0 Å². The van der Waals surface area contributed by atoms with E-state index in [9.17, 15) is 0 Å². The van der Waals surface area contributed by atoms with E-state index in [0.717, 1.165) is 32.7 Å². The van der Waals surface area contributed by atoms with Gasteiger partial charge in [0.1, 0.15) is 5.03 Å². The second-order valence-corrected chi connectivity index (χ2v) is 5.11. The van der Waals surface area contributed by atoms with Gasteiger partial charge >= 0.3 is 0 Å². The highest BCUT2D eigenvalue weighted by molar-refractivity contribution is 7.99. The van der Waals surface area contributed by atoms with Crippen molar-refractivity contribution in [1.29, 1.82) is 0 Å². The van der Waals surface area contributed by atoms with Crippen LogP contribution in [0, 0.1) is 0 Å². The lowest BCUT2D eigenvalue weighted by Gasteiger charge is -2.04. The van der Waals surface area contributed by atoms with E-state index in [1.165, 1.54) is 0 Å². The van der Waals surface area contributed by atoms with Gasteiger partial charge < -0.3 is 5.73 Å². The summed E-state index contributed by atoms with van der Waals surface area (Å²) in [6.45, 7) is 2.04. The second-order valence-electron chi connectivity index (χ2n) is 3.68. The van der Waals surface area contributed by atoms with Gasteiger partial charge in [0.25, 0.3) is 0 Å². The third-order valence-electron chi connectivity index (χ3n) is 2.48. The van der Waals surface area contributed by atoms with Crippen molar-refractivity contribution in [3.63, 3.8) is 0 Å². The Bertz CT molecular complexity index is 537. The van der Waals surface area contributed by atoms with Gasteiger partial charge in [-0.15, -0.1) is 0 Å². The summed E-state index contributed by atoms with van der Waals surface area (Å²) < 4.78 is 1.81. The number of benzene rings is 1. The Morgan fingerprint density at radius 1 is 1.41 bits per heavy atom. The molecule has 0 unspecified atom stereocenters. The number of halogens is 1. The molecular weight excluding hydrogens is 254 g/mol. The molecule has 5 heteroatoms. The van der Waals surface area contributed by atoms with Crippen molar-refractivity contribution in [1.82, 2.24) is 9.78 Å². The van der Waals surface area contributed by atoms with E-state index < -0.39 is 0 Å². The topological polar surface area (TPSA) is 43.8 Å². The highest BCUT2D eigenvalue weighted by atomic mass is 35.5. The van der Waals surface area contributed by atoms with Crippen molar-refractivity contribution in [3.05, 3.63) is 35.0 Å². The first-order valence-electron chi connectivity index (χ1n) is 5.37. The first-order valence-corrected chi connectivity index (χ1v) is 6.56. The van der Waals surface area contributed by atoms with Gasteiger partial charge in [0, 0.05) is 11.9 Å². The molecular formula is C12H14ClN3S. The van der Waals surface area contributed by atoms with Crippen molar-refractivity contribution in [2.45, 2.75) is 23.3 Å². The maximum Gasteiger partial charge on any atom is 0.122 e. The van der Waals surface area contributed by atoms with Gasteiger partial charge in [-0.25, -0.2) is 0 Å². The summed E-state index contributed by atoms with van der Waals surface area (Å²) >= 11 is 7.68. The molecule has 0 atom stereocenters. The summed E-state index contributed by atoms with van der Waals surface area (Å²) in [5.74, 6) is 0. The van der Waals surface area contributed by atoms with Crippen molar-refractivity contribution < 1.29 is 0 Å². The predicted molar refractivity (Wildman–Crippen MR) is 72.6 cm³/mol. The maximum atomic E-state index is 6.13. The SMILES string of the molecule is CCc1nn(C)c(Sc2ccccc2Cl)c1N. The predicted octanol–water partition coefficient (Wildman–Crippen LogP) is 3.37. The highest BCUT2D eigenvalue weighted by Gasteiger charge is 2.14. The molecule has 2 N–H and O–H groups in total. The van der Waals surface area contributed by atoms with Gasteiger partial charge in [-0.2, -0.15) is 5.10 Å². The summed E-state index contributed by atoms with van der Waals surface area (Å²) in [5.41, 5.74) is 7.75.